The van der Waals surface area contributed by atoms with Crippen LogP contribution in [0, 0.1) is 5.92 Å². The molecule has 0 aromatic heterocycles. The fraction of sp³-hybridized carbons (Fsp3) is 0.368. The van der Waals surface area contributed by atoms with E-state index in [4.69, 9.17) is 4.74 Å². The van der Waals surface area contributed by atoms with Crippen molar-refractivity contribution in [1.82, 2.24) is 5.32 Å². The molecular weight excluding hydrogens is 294 g/mol. The van der Waals surface area contributed by atoms with Crippen LogP contribution < -0.4 is 10.1 Å². The summed E-state index contributed by atoms with van der Waals surface area (Å²) in [6.07, 6.45) is 3.78. The number of ether oxygens (including phenoxy) is 1. The van der Waals surface area contributed by atoms with Crippen molar-refractivity contribution in [3.63, 3.8) is 0 Å². The van der Waals surface area contributed by atoms with E-state index in [1.54, 1.807) is 0 Å². The van der Waals surface area contributed by atoms with Gasteiger partial charge in [-0.1, -0.05) is 42.5 Å². The number of benzene rings is 2. The maximum Gasteiger partial charge on any atom is 0.119 e. The number of nitrogens with one attached hydrogen (secondary N) is 1. The Morgan fingerprint density at radius 1 is 0.955 bits per heavy atom. The number of halogens is 1. The van der Waals surface area contributed by atoms with Crippen molar-refractivity contribution in [3.05, 3.63) is 54.6 Å². The predicted octanol–water partition coefficient (Wildman–Crippen LogP) is 4.54. The quantitative estimate of drug-likeness (QED) is 0.874. The molecule has 22 heavy (non-hydrogen) atoms. The van der Waals surface area contributed by atoms with E-state index in [0.717, 1.165) is 31.2 Å². The topological polar surface area (TPSA) is 21.3 Å². The van der Waals surface area contributed by atoms with Gasteiger partial charge < -0.3 is 10.1 Å². The maximum absolute atomic E-state index is 5.87. The summed E-state index contributed by atoms with van der Waals surface area (Å²) in [5.41, 5.74) is 2.48. The standard InChI is InChI=1S/C19H23NO.ClH/c1-2-6-17(7-3-1)18-8-10-19(11-9-18)21-14-12-16-5-4-13-20-15-16;/h1-3,6-11,16,20H,4-5,12-15H2;1H. The summed E-state index contributed by atoms with van der Waals surface area (Å²) in [6.45, 7) is 3.14. The summed E-state index contributed by atoms with van der Waals surface area (Å²) in [6, 6.07) is 18.8. The van der Waals surface area contributed by atoms with Crippen LogP contribution in [0.5, 0.6) is 5.75 Å². The van der Waals surface area contributed by atoms with Crippen molar-refractivity contribution in [2.24, 2.45) is 5.92 Å². The van der Waals surface area contributed by atoms with E-state index in [1.165, 1.54) is 30.5 Å². The van der Waals surface area contributed by atoms with Crippen molar-refractivity contribution in [2.75, 3.05) is 19.7 Å². The minimum absolute atomic E-state index is 0. The summed E-state index contributed by atoms with van der Waals surface area (Å²) in [7, 11) is 0. The van der Waals surface area contributed by atoms with Crippen LogP contribution in [0.4, 0.5) is 0 Å². The molecule has 3 rings (SSSR count). The number of rotatable bonds is 5. The van der Waals surface area contributed by atoms with Crippen molar-refractivity contribution in [2.45, 2.75) is 19.3 Å². The lowest BCUT2D eigenvalue weighted by atomic mass is 9.97. The van der Waals surface area contributed by atoms with Gasteiger partial charge in [-0.05, 0) is 61.5 Å². The van der Waals surface area contributed by atoms with Crippen molar-refractivity contribution < 1.29 is 4.74 Å². The molecule has 0 amide bonds. The summed E-state index contributed by atoms with van der Waals surface area (Å²) in [4.78, 5) is 0. The summed E-state index contributed by atoms with van der Waals surface area (Å²) in [5, 5.41) is 3.45. The first-order chi connectivity index (χ1) is 10.4. The Labute approximate surface area is 139 Å². The third kappa shape index (κ3) is 4.75. The third-order valence-corrected chi connectivity index (χ3v) is 4.16. The lowest BCUT2D eigenvalue weighted by Gasteiger charge is -2.22. The maximum atomic E-state index is 5.87. The van der Waals surface area contributed by atoms with Gasteiger partial charge in [0.05, 0.1) is 6.61 Å². The molecule has 1 atom stereocenters. The molecule has 2 aromatic carbocycles. The fourth-order valence-corrected chi connectivity index (χ4v) is 2.89. The van der Waals surface area contributed by atoms with E-state index in [0.29, 0.717) is 0 Å². The van der Waals surface area contributed by atoms with E-state index in [1.807, 2.05) is 6.07 Å². The zero-order valence-corrected chi connectivity index (χ0v) is 13.6. The average Bonchev–Trinajstić information content (AvgIpc) is 2.57. The highest BCUT2D eigenvalue weighted by Gasteiger charge is 2.12. The Balaban J connectivity index is 0.00000176. The lowest BCUT2D eigenvalue weighted by Crippen LogP contribution is -2.30. The third-order valence-electron chi connectivity index (χ3n) is 4.16. The monoisotopic (exact) mass is 317 g/mol. The Morgan fingerprint density at radius 2 is 1.68 bits per heavy atom. The molecule has 1 unspecified atom stereocenters. The molecule has 3 heteroatoms. The lowest BCUT2D eigenvalue weighted by molar-refractivity contribution is 0.254. The molecule has 0 aliphatic carbocycles. The minimum Gasteiger partial charge on any atom is -0.494 e. The van der Waals surface area contributed by atoms with Gasteiger partial charge in [0.25, 0.3) is 0 Å². The molecule has 1 N–H and O–H groups in total. The van der Waals surface area contributed by atoms with Gasteiger partial charge in [-0.15, -0.1) is 12.4 Å². The molecule has 118 valence electrons. The molecule has 0 saturated carbocycles. The highest BCUT2D eigenvalue weighted by atomic mass is 35.5. The second-order valence-corrected chi connectivity index (χ2v) is 5.74. The summed E-state index contributed by atoms with van der Waals surface area (Å²) < 4.78 is 5.87. The second kappa shape index (κ2) is 8.82. The number of piperidine rings is 1. The number of hydrogen-bond acceptors (Lipinski definition) is 2. The second-order valence-electron chi connectivity index (χ2n) is 5.74. The van der Waals surface area contributed by atoms with Gasteiger partial charge in [-0.3, -0.25) is 0 Å². The Kier molecular flexibility index (Phi) is 6.75. The van der Waals surface area contributed by atoms with Crippen LogP contribution in [-0.4, -0.2) is 19.7 Å². The van der Waals surface area contributed by atoms with Crippen LogP contribution in [0.25, 0.3) is 11.1 Å². The van der Waals surface area contributed by atoms with Gasteiger partial charge in [0, 0.05) is 0 Å². The van der Waals surface area contributed by atoms with Crippen LogP contribution in [0.1, 0.15) is 19.3 Å². The van der Waals surface area contributed by atoms with E-state index >= 15 is 0 Å². The molecule has 1 aliphatic rings. The first-order valence-electron chi connectivity index (χ1n) is 7.91. The molecule has 2 aromatic rings. The molecule has 1 fully saturated rings. The number of hydrogen-bond donors (Lipinski definition) is 1. The van der Waals surface area contributed by atoms with Crippen molar-refractivity contribution in [1.29, 1.82) is 0 Å². The van der Waals surface area contributed by atoms with E-state index in [2.05, 4.69) is 53.8 Å². The van der Waals surface area contributed by atoms with Crippen LogP contribution in [0.15, 0.2) is 54.6 Å². The molecule has 1 aliphatic heterocycles. The minimum atomic E-state index is 0. The molecule has 0 radical (unpaired) electrons. The summed E-state index contributed by atoms with van der Waals surface area (Å²) >= 11 is 0. The summed E-state index contributed by atoms with van der Waals surface area (Å²) in [5.74, 6) is 1.75. The zero-order valence-electron chi connectivity index (χ0n) is 12.8. The fourth-order valence-electron chi connectivity index (χ4n) is 2.89. The van der Waals surface area contributed by atoms with E-state index < -0.39 is 0 Å². The van der Waals surface area contributed by atoms with Gasteiger partial charge in [0.1, 0.15) is 5.75 Å². The van der Waals surface area contributed by atoms with Gasteiger partial charge in [0.15, 0.2) is 0 Å². The normalized spacial score (nSPS) is 17.5. The van der Waals surface area contributed by atoms with Gasteiger partial charge in [-0.2, -0.15) is 0 Å². The molecule has 1 saturated heterocycles. The van der Waals surface area contributed by atoms with Gasteiger partial charge in [0.2, 0.25) is 0 Å². The highest BCUT2D eigenvalue weighted by molar-refractivity contribution is 5.85. The van der Waals surface area contributed by atoms with Crippen molar-refractivity contribution in [3.8, 4) is 16.9 Å². The van der Waals surface area contributed by atoms with Crippen LogP contribution in [-0.2, 0) is 0 Å². The first-order valence-corrected chi connectivity index (χ1v) is 7.91. The van der Waals surface area contributed by atoms with Crippen LogP contribution in [0.3, 0.4) is 0 Å². The molecule has 0 spiro atoms. The first kappa shape index (κ1) is 16.9. The Hall–Kier alpha value is -1.51. The Bertz CT molecular complexity index is 535. The van der Waals surface area contributed by atoms with Crippen molar-refractivity contribution >= 4 is 12.4 Å². The highest BCUT2D eigenvalue weighted by Crippen LogP contribution is 2.22. The predicted molar refractivity (Wildman–Crippen MR) is 94.8 cm³/mol. The van der Waals surface area contributed by atoms with Crippen LogP contribution in [0.2, 0.25) is 0 Å². The zero-order chi connectivity index (χ0) is 14.3. The van der Waals surface area contributed by atoms with E-state index in [9.17, 15) is 0 Å². The molecule has 0 bridgehead atoms. The van der Waals surface area contributed by atoms with E-state index in [-0.39, 0.29) is 12.4 Å². The average molecular weight is 318 g/mol. The molecule has 1 heterocycles. The molecular formula is C19H24ClNO. The SMILES string of the molecule is Cl.c1ccc(-c2ccc(OCCC3CCCNC3)cc2)cc1. The van der Waals surface area contributed by atoms with Gasteiger partial charge in [-0.25, -0.2) is 0 Å². The van der Waals surface area contributed by atoms with Crippen LogP contribution >= 0.6 is 12.4 Å². The van der Waals surface area contributed by atoms with Gasteiger partial charge >= 0.3 is 0 Å². The smallest absolute Gasteiger partial charge is 0.119 e. The Morgan fingerprint density at radius 3 is 2.36 bits per heavy atom. The largest absolute Gasteiger partial charge is 0.494 e. The molecule has 2 nitrogen and oxygen atoms in total.